The van der Waals surface area contributed by atoms with Crippen molar-refractivity contribution in [3.05, 3.63) is 97.3 Å². The van der Waals surface area contributed by atoms with Gasteiger partial charge in [-0.2, -0.15) is 0 Å². The molecule has 0 aliphatic rings. The molecule has 0 fully saturated rings. The van der Waals surface area contributed by atoms with Crippen LogP contribution in [0.3, 0.4) is 0 Å². The Hall–Kier alpha value is -2.27. The maximum atomic E-state index is 12.7. The van der Waals surface area contributed by atoms with Crippen molar-refractivity contribution in [1.82, 2.24) is 4.57 Å². The second-order valence-electron chi connectivity index (χ2n) is 5.52. The minimum absolute atomic E-state index is 0.0116. The quantitative estimate of drug-likeness (QED) is 0.653. The Bertz CT molecular complexity index is 1030. The highest BCUT2D eigenvalue weighted by Gasteiger charge is 2.14. The molecule has 3 aromatic rings. The number of para-hydroxylation sites is 1. The number of hydrogen-bond acceptors (Lipinski definition) is 2. The molecule has 4 nitrogen and oxygen atoms in total. The summed E-state index contributed by atoms with van der Waals surface area (Å²) in [4.78, 5) is 25.1. The van der Waals surface area contributed by atoms with Crippen LogP contribution in [0.25, 0.3) is 0 Å². The average molecular weight is 408 g/mol. The second-order valence-corrected chi connectivity index (χ2v) is 6.78. The van der Waals surface area contributed by atoms with Crippen LogP contribution in [-0.2, 0) is 6.54 Å². The highest BCUT2D eigenvalue weighted by molar-refractivity contribution is 6.35. The summed E-state index contributed by atoms with van der Waals surface area (Å²) < 4.78 is 1.41. The van der Waals surface area contributed by atoms with Gasteiger partial charge in [0.25, 0.3) is 11.5 Å². The first-order valence-corrected chi connectivity index (χ1v) is 8.78. The molecule has 0 aliphatic heterocycles. The Morgan fingerprint density at radius 3 is 2.46 bits per heavy atom. The van der Waals surface area contributed by atoms with Gasteiger partial charge in [0.2, 0.25) is 0 Å². The molecule has 26 heavy (non-hydrogen) atoms. The summed E-state index contributed by atoms with van der Waals surface area (Å²) in [6, 6.07) is 15.0. The molecule has 0 unspecified atom stereocenters. The van der Waals surface area contributed by atoms with Gasteiger partial charge in [-0.25, -0.2) is 0 Å². The van der Waals surface area contributed by atoms with Crippen LogP contribution in [0.4, 0.5) is 5.69 Å². The smallest absolute Gasteiger partial charge is 0.263 e. The predicted molar refractivity (Wildman–Crippen MR) is 106 cm³/mol. The number of nitrogens with one attached hydrogen (secondary N) is 1. The van der Waals surface area contributed by atoms with Crippen molar-refractivity contribution in [2.75, 3.05) is 5.32 Å². The Labute approximate surface area is 164 Å². The van der Waals surface area contributed by atoms with Crippen molar-refractivity contribution in [1.29, 1.82) is 0 Å². The van der Waals surface area contributed by atoms with E-state index in [0.717, 1.165) is 5.56 Å². The number of hydrogen-bond donors (Lipinski definition) is 1. The zero-order valence-electron chi connectivity index (χ0n) is 13.4. The van der Waals surface area contributed by atoms with Gasteiger partial charge in [0.1, 0.15) is 5.56 Å². The predicted octanol–water partition coefficient (Wildman–Crippen LogP) is 5.11. The van der Waals surface area contributed by atoms with Gasteiger partial charge in [0.05, 0.1) is 17.3 Å². The van der Waals surface area contributed by atoms with E-state index < -0.39 is 11.5 Å². The van der Waals surface area contributed by atoms with Gasteiger partial charge in [0.15, 0.2) is 0 Å². The molecule has 0 saturated carbocycles. The van der Waals surface area contributed by atoms with E-state index in [0.29, 0.717) is 20.8 Å². The van der Waals surface area contributed by atoms with Crippen LogP contribution in [0.5, 0.6) is 0 Å². The van der Waals surface area contributed by atoms with Crippen LogP contribution in [0.15, 0.2) is 65.6 Å². The number of carbonyl (C=O) groups excluding carboxylic acids is 1. The van der Waals surface area contributed by atoms with E-state index >= 15 is 0 Å². The number of benzene rings is 2. The zero-order chi connectivity index (χ0) is 18.7. The number of carbonyl (C=O) groups is 1. The maximum Gasteiger partial charge on any atom is 0.263 e. The molecule has 0 radical (unpaired) electrons. The fourth-order valence-corrected chi connectivity index (χ4v) is 3.07. The Balaban J connectivity index is 1.88. The summed E-state index contributed by atoms with van der Waals surface area (Å²) in [5, 5.41) is 4.01. The van der Waals surface area contributed by atoms with E-state index in [4.69, 9.17) is 34.8 Å². The fourth-order valence-electron chi connectivity index (χ4n) is 2.42. The van der Waals surface area contributed by atoms with Crippen molar-refractivity contribution in [3.63, 3.8) is 0 Å². The third-order valence-electron chi connectivity index (χ3n) is 3.74. The van der Waals surface area contributed by atoms with Gasteiger partial charge in [-0.3, -0.25) is 9.59 Å². The second kappa shape index (κ2) is 7.96. The molecular weight excluding hydrogens is 395 g/mol. The molecule has 0 bridgehead atoms. The van der Waals surface area contributed by atoms with Gasteiger partial charge in [-0.05, 0) is 42.0 Å². The van der Waals surface area contributed by atoms with Gasteiger partial charge < -0.3 is 9.88 Å². The zero-order valence-corrected chi connectivity index (χ0v) is 15.6. The molecular formula is C19H13Cl3N2O2. The topological polar surface area (TPSA) is 51.1 Å². The molecule has 1 amide bonds. The molecule has 3 rings (SSSR count). The summed E-state index contributed by atoms with van der Waals surface area (Å²) in [5.74, 6) is -0.528. The molecule has 1 heterocycles. The first-order chi connectivity index (χ1) is 12.5. The van der Waals surface area contributed by atoms with E-state index in [9.17, 15) is 9.59 Å². The molecule has 0 aliphatic carbocycles. The SMILES string of the molecule is O=C(Nc1ccccc1Cl)c1cccn(Cc2ccc(Cl)cc2Cl)c1=O. The standard InChI is InChI=1S/C19H13Cl3N2O2/c20-13-8-7-12(16(22)10-13)11-24-9-3-4-14(19(24)26)18(25)23-17-6-2-1-5-15(17)21/h1-10H,11H2,(H,23,25). The van der Waals surface area contributed by atoms with Gasteiger partial charge in [-0.1, -0.05) is 53.0 Å². The Kier molecular flexibility index (Phi) is 5.67. The lowest BCUT2D eigenvalue weighted by atomic mass is 10.2. The molecule has 7 heteroatoms. The summed E-state index contributed by atoms with van der Waals surface area (Å²) in [6.45, 7) is 0.224. The van der Waals surface area contributed by atoms with Crippen LogP contribution >= 0.6 is 34.8 Å². The van der Waals surface area contributed by atoms with Crippen LogP contribution in [0.1, 0.15) is 15.9 Å². The number of amides is 1. The molecule has 1 aromatic heterocycles. The number of nitrogens with zero attached hydrogens (tertiary/aromatic N) is 1. The Morgan fingerprint density at radius 2 is 1.73 bits per heavy atom. The minimum atomic E-state index is -0.528. The van der Waals surface area contributed by atoms with Crippen molar-refractivity contribution >= 4 is 46.4 Å². The minimum Gasteiger partial charge on any atom is -0.320 e. The lowest BCUT2D eigenvalue weighted by Crippen LogP contribution is -2.29. The molecule has 2 aromatic carbocycles. The third kappa shape index (κ3) is 4.10. The highest BCUT2D eigenvalue weighted by atomic mass is 35.5. The van der Waals surface area contributed by atoms with E-state index in [1.54, 1.807) is 54.7 Å². The Morgan fingerprint density at radius 1 is 0.962 bits per heavy atom. The van der Waals surface area contributed by atoms with Crippen LogP contribution < -0.4 is 10.9 Å². The van der Waals surface area contributed by atoms with Crippen LogP contribution in [0, 0.1) is 0 Å². The summed E-state index contributed by atoms with van der Waals surface area (Å²) in [7, 11) is 0. The highest BCUT2D eigenvalue weighted by Crippen LogP contribution is 2.22. The number of aromatic nitrogens is 1. The van der Waals surface area contributed by atoms with E-state index in [-0.39, 0.29) is 12.1 Å². The number of pyridine rings is 1. The third-order valence-corrected chi connectivity index (χ3v) is 4.66. The van der Waals surface area contributed by atoms with Crippen LogP contribution in [-0.4, -0.2) is 10.5 Å². The van der Waals surface area contributed by atoms with Gasteiger partial charge in [-0.15, -0.1) is 0 Å². The van der Waals surface area contributed by atoms with Gasteiger partial charge in [0, 0.05) is 16.2 Å². The molecule has 1 N–H and O–H groups in total. The molecule has 0 saturated heterocycles. The average Bonchev–Trinajstić information content (AvgIpc) is 2.61. The normalized spacial score (nSPS) is 10.6. The van der Waals surface area contributed by atoms with E-state index in [1.165, 1.54) is 10.6 Å². The molecule has 0 spiro atoms. The number of halogens is 3. The monoisotopic (exact) mass is 406 g/mol. The number of anilines is 1. The molecule has 132 valence electrons. The molecule has 0 atom stereocenters. The van der Waals surface area contributed by atoms with Crippen molar-refractivity contribution < 1.29 is 4.79 Å². The first kappa shape index (κ1) is 18.5. The lowest BCUT2D eigenvalue weighted by molar-refractivity contribution is 0.102. The summed E-state index contributed by atoms with van der Waals surface area (Å²) in [6.07, 6.45) is 1.60. The van der Waals surface area contributed by atoms with Crippen molar-refractivity contribution in [3.8, 4) is 0 Å². The summed E-state index contributed by atoms with van der Waals surface area (Å²) >= 11 is 18.1. The lowest BCUT2D eigenvalue weighted by Gasteiger charge is -2.11. The van der Waals surface area contributed by atoms with E-state index in [1.807, 2.05) is 0 Å². The van der Waals surface area contributed by atoms with Crippen molar-refractivity contribution in [2.24, 2.45) is 0 Å². The first-order valence-electron chi connectivity index (χ1n) is 7.65. The summed E-state index contributed by atoms with van der Waals surface area (Å²) in [5.41, 5.74) is 0.747. The van der Waals surface area contributed by atoms with Crippen molar-refractivity contribution in [2.45, 2.75) is 6.54 Å². The van der Waals surface area contributed by atoms with Gasteiger partial charge >= 0.3 is 0 Å². The fraction of sp³-hybridized carbons (Fsp3) is 0.0526. The number of rotatable bonds is 4. The van der Waals surface area contributed by atoms with E-state index in [2.05, 4.69) is 5.32 Å². The van der Waals surface area contributed by atoms with Crippen LogP contribution in [0.2, 0.25) is 15.1 Å². The largest absolute Gasteiger partial charge is 0.320 e. The maximum absolute atomic E-state index is 12.7.